The van der Waals surface area contributed by atoms with Gasteiger partial charge < -0.3 is 4.74 Å². The van der Waals surface area contributed by atoms with Crippen LogP contribution >= 0.6 is 11.6 Å². The van der Waals surface area contributed by atoms with Gasteiger partial charge in [-0.25, -0.2) is 13.4 Å². The molecule has 0 spiro atoms. The lowest BCUT2D eigenvalue weighted by atomic mass is 10.2. The molecule has 1 heterocycles. The number of benzene rings is 2. The van der Waals surface area contributed by atoms with Crippen molar-refractivity contribution in [3.63, 3.8) is 0 Å². The minimum absolute atomic E-state index is 0.0307. The lowest BCUT2D eigenvalue weighted by Crippen LogP contribution is -2.15. The van der Waals surface area contributed by atoms with Crippen LogP contribution in [0, 0.1) is 6.92 Å². The largest absolute Gasteiger partial charge is 0.487 e. The van der Waals surface area contributed by atoms with Gasteiger partial charge in [-0.1, -0.05) is 23.7 Å². The van der Waals surface area contributed by atoms with E-state index in [2.05, 4.69) is 9.71 Å². The number of hydrogen-bond donors (Lipinski definition) is 1. The highest BCUT2D eigenvalue weighted by Gasteiger charge is 2.30. The van der Waals surface area contributed by atoms with Crippen molar-refractivity contribution >= 4 is 27.4 Å². The zero-order chi connectivity index (χ0) is 21.9. The van der Waals surface area contributed by atoms with Crippen LogP contribution < -0.4 is 9.46 Å². The molecule has 0 bridgehead atoms. The third-order valence-electron chi connectivity index (χ3n) is 4.12. The van der Waals surface area contributed by atoms with Crippen molar-refractivity contribution in [2.45, 2.75) is 24.6 Å². The van der Waals surface area contributed by atoms with Crippen molar-refractivity contribution in [3.05, 3.63) is 82.5 Å². The zero-order valence-electron chi connectivity index (χ0n) is 15.6. The van der Waals surface area contributed by atoms with E-state index in [-0.39, 0.29) is 23.1 Å². The number of hydrogen-bond acceptors (Lipinski definition) is 4. The summed E-state index contributed by atoms with van der Waals surface area (Å²) in [6.45, 7) is 1.54. The third-order valence-corrected chi connectivity index (χ3v) is 6.03. The van der Waals surface area contributed by atoms with Gasteiger partial charge in [0.05, 0.1) is 16.2 Å². The first-order valence-electron chi connectivity index (χ1n) is 8.60. The molecule has 0 saturated heterocycles. The molecule has 0 aliphatic carbocycles. The summed E-state index contributed by atoms with van der Waals surface area (Å²) in [5, 5.41) is 0.324. The zero-order valence-corrected chi connectivity index (χ0v) is 17.1. The first-order chi connectivity index (χ1) is 14.1. The van der Waals surface area contributed by atoms with Crippen molar-refractivity contribution in [1.82, 2.24) is 4.98 Å². The molecule has 30 heavy (non-hydrogen) atoms. The van der Waals surface area contributed by atoms with Gasteiger partial charge in [0.1, 0.15) is 18.2 Å². The molecular weight excluding hydrogens is 441 g/mol. The molecule has 10 heteroatoms. The monoisotopic (exact) mass is 456 g/mol. The second kappa shape index (κ2) is 8.53. The molecule has 3 aromatic rings. The number of pyridine rings is 1. The number of aromatic nitrogens is 1. The lowest BCUT2D eigenvalue weighted by Gasteiger charge is -2.12. The van der Waals surface area contributed by atoms with E-state index >= 15 is 0 Å². The van der Waals surface area contributed by atoms with Gasteiger partial charge in [0.2, 0.25) is 0 Å². The van der Waals surface area contributed by atoms with E-state index in [1.165, 1.54) is 30.3 Å². The minimum Gasteiger partial charge on any atom is -0.487 e. The van der Waals surface area contributed by atoms with Gasteiger partial charge in [0.15, 0.2) is 0 Å². The summed E-state index contributed by atoms with van der Waals surface area (Å²) >= 11 is 6.00. The van der Waals surface area contributed by atoms with Crippen LogP contribution in [0.25, 0.3) is 0 Å². The molecule has 1 N–H and O–H groups in total. The summed E-state index contributed by atoms with van der Waals surface area (Å²) in [5.41, 5.74) is 0.0204. The summed E-state index contributed by atoms with van der Waals surface area (Å²) in [5.74, 6) is 0.299. The van der Waals surface area contributed by atoms with Crippen molar-refractivity contribution in [2.24, 2.45) is 0 Å². The van der Waals surface area contributed by atoms with Gasteiger partial charge in [0.25, 0.3) is 10.0 Å². The Labute approximate surface area is 176 Å². The van der Waals surface area contributed by atoms with Crippen molar-refractivity contribution in [1.29, 1.82) is 0 Å². The number of ether oxygens (including phenoxy) is 1. The SMILES string of the molecule is Cc1c(Cl)cccc1S(=O)(=O)Nc1cccc(COc2ccc(C(F)(F)F)cc2)n1. The molecule has 0 fully saturated rings. The molecule has 0 saturated carbocycles. The average molecular weight is 457 g/mol. The van der Waals surface area contributed by atoms with E-state index in [4.69, 9.17) is 16.3 Å². The van der Waals surface area contributed by atoms with Crippen LogP contribution in [-0.4, -0.2) is 13.4 Å². The fourth-order valence-electron chi connectivity index (χ4n) is 2.59. The van der Waals surface area contributed by atoms with Crippen molar-refractivity contribution in [3.8, 4) is 5.75 Å². The van der Waals surface area contributed by atoms with E-state index in [9.17, 15) is 21.6 Å². The predicted molar refractivity (Wildman–Crippen MR) is 107 cm³/mol. The van der Waals surface area contributed by atoms with Crippen LogP contribution in [0.1, 0.15) is 16.8 Å². The number of anilines is 1. The van der Waals surface area contributed by atoms with E-state index in [1.54, 1.807) is 25.1 Å². The first-order valence-corrected chi connectivity index (χ1v) is 10.5. The molecule has 0 radical (unpaired) electrons. The molecule has 0 unspecified atom stereocenters. The number of nitrogens with one attached hydrogen (secondary N) is 1. The van der Waals surface area contributed by atoms with Crippen LogP contribution in [-0.2, 0) is 22.8 Å². The molecule has 0 aliphatic rings. The quantitative estimate of drug-likeness (QED) is 0.536. The smallest absolute Gasteiger partial charge is 0.416 e. The summed E-state index contributed by atoms with van der Waals surface area (Å²) < 4.78 is 70.9. The molecule has 158 valence electrons. The maximum atomic E-state index is 12.6. The lowest BCUT2D eigenvalue weighted by molar-refractivity contribution is -0.137. The van der Waals surface area contributed by atoms with Crippen molar-refractivity contribution in [2.75, 3.05) is 4.72 Å². The number of rotatable bonds is 6. The molecule has 5 nitrogen and oxygen atoms in total. The molecule has 3 rings (SSSR count). The van der Waals surface area contributed by atoms with E-state index in [1.807, 2.05) is 0 Å². The molecule has 0 amide bonds. The highest BCUT2D eigenvalue weighted by atomic mass is 35.5. The average Bonchev–Trinajstić information content (AvgIpc) is 2.68. The number of nitrogens with zero attached hydrogens (tertiary/aromatic N) is 1. The van der Waals surface area contributed by atoms with Crippen LogP contribution in [0.3, 0.4) is 0 Å². The number of alkyl halides is 3. The number of halogens is 4. The maximum Gasteiger partial charge on any atom is 0.416 e. The van der Waals surface area contributed by atoms with Gasteiger partial charge in [-0.15, -0.1) is 0 Å². The summed E-state index contributed by atoms with van der Waals surface area (Å²) in [6.07, 6.45) is -4.42. The fraction of sp³-hybridized carbons (Fsp3) is 0.150. The van der Waals surface area contributed by atoms with Gasteiger partial charge in [-0.2, -0.15) is 13.2 Å². The fourth-order valence-corrected chi connectivity index (χ4v) is 4.09. The van der Waals surface area contributed by atoms with Gasteiger partial charge in [-0.05, 0) is 61.0 Å². The van der Waals surface area contributed by atoms with Gasteiger partial charge in [0, 0.05) is 5.02 Å². The van der Waals surface area contributed by atoms with Gasteiger partial charge in [-0.3, -0.25) is 4.72 Å². The summed E-state index contributed by atoms with van der Waals surface area (Å²) in [7, 11) is -3.91. The molecule has 2 aromatic carbocycles. The maximum absolute atomic E-state index is 12.6. The Bertz CT molecular complexity index is 1150. The van der Waals surface area contributed by atoms with Crippen LogP contribution in [0.15, 0.2) is 65.6 Å². The van der Waals surface area contributed by atoms with E-state index < -0.39 is 21.8 Å². The summed E-state index contributed by atoms with van der Waals surface area (Å²) in [4.78, 5) is 4.21. The van der Waals surface area contributed by atoms with Crippen LogP contribution in [0.2, 0.25) is 5.02 Å². The molecular formula is C20H16ClF3N2O3S. The number of sulfonamides is 1. The Morgan fingerprint density at radius 1 is 1.03 bits per heavy atom. The normalized spacial score (nSPS) is 11.9. The van der Waals surface area contributed by atoms with Crippen LogP contribution in [0.5, 0.6) is 5.75 Å². The highest BCUT2D eigenvalue weighted by molar-refractivity contribution is 7.92. The van der Waals surface area contributed by atoms with E-state index in [0.717, 1.165) is 12.1 Å². The standard InChI is InChI=1S/C20H16ClF3N2O3S/c1-13-17(21)5-3-6-18(13)30(27,28)26-19-7-2-4-15(25-19)12-29-16-10-8-14(9-11-16)20(22,23)24/h2-11H,12H2,1H3,(H,25,26). The van der Waals surface area contributed by atoms with Crippen molar-refractivity contribution < 1.29 is 26.3 Å². The second-order valence-corrected chi connectivity index (χ2v) is 8.35. The highest BCUT2D eigenvalue weighted by Crippen LogP contribution is 2.30. The summed E-state index contributed by atoms with van der Waals surface area (Å²) in [6, 6.07) is 13.5. The van der Waals surface area contributed by atoms with Gasteiger partial charge >= 0.3 is 6.18 Å². The second-order valence-electron chi connectivity index (χ2n) is 6.29. The van der Waals surface area contributed by atoms with E-state index in [0.29, 0.717) is 16.3 Å². The third kappa shape index (κ3) is 5.22. The Kier molecular flexibility index (Phi) is 6.23. The Morgan fingerprint density at radius 3 is 2.37 bits per heavy atom. The Hall–Kier alpha value is -2.78. The molecule has 1 aromatic heterocycles. The predicted octanol–water partition coefficient (Wildman–Crippen LogP) is 5.44. The minimum atomic E-state index is -4.42. The molecule has 0 atom stereocenters. The van der Waals surface area contributed by atoms with Crippen LogP contribution in [0.4, 0.5) is 19.0 Å². The molecule has 0 aliphatic heterocycles. The topological polar surface area (TPSA) is 68.3 Å². The Morgan fingerprint density at radius 2 is 1.70 bits per heavy atom. The Balaban J connectivity index is 1.71. The first kappa shape index (κ1) is 21.9.